The number of fused-ring (bicyclic) bond motifs is 1. The lowest BCUT2D eigenvalue weighted by Crippen LogP contribution is -2.50. The third-order valence-electron chi connectivity index (χ3n) is 4.98. The highest BCUT2D eigenvalue weighted by atomic mass is 19.1. The van der Waals surface area contributed by atoms with Crippen molar-refractivity contribution in [2.45, 2.75) is 31.5 Å². The SMILES string of the molecule is Fc1cnc(N2CC[C@@H]3OCCN(Cc4cccnc4)[C@H]3CC2)nc1. The molecular formula is C18H22FN5O. The van der Waals surface area contributed by atoms with Gasteiger partial charge in [-0.25, -0.2) is 14.4 Å². The van der Waals surface area contributed by atoms with Gasteiger partial charge < -0.3 is 9.64 Å². The van der Waals surface area contributed by atoms with Crippen molar-refractivity contribution >= 4 is 5.95 Å². The fourth-order valence-electron chi connectivity index (χ4n) is 3.75. The monoisotopic (exact) mass is 343 g/mol. The summed E-state index contributed by atoms with van der Waals surface area (Å²) in [6, 6.07) is 4.47. The summed E-state index contributed by atoms with van der Waals surface area (Å²) < 4.78 is 19.1. The van der Waals surface area contributed by atoms with Crippen LogP contribution in [0, 0.1) is 5.82 Å². The molecule has 0 bridgehead atoms. The molecule has 2 atom stereocenters. The quantitative estimate of drug-likeness (QED) is 0.848. The Morgan fingerprint density at radius 3 is 2.76 bits per heavy atom. The summed E-state index contributed by atoms with van der Waals surface area (Å²) in [5.74, 6) is 0.192. The minimum Gasteiger partial charge on any atom is -0.375 e. The zero-order chi connectivity index (χ0) is 17.1. The first-order chi connectivity index (χ1) is 12.3. The van der Waals surface area contributed by atoms with Crippen LogP contribution in [0.5, 0.6) is 0 Å². The topological polar surface area (TPSA) is 54.4 Å². The highest BCUT2D eigenvalue weighted by Crippen LogP contribution is 2.26. The zero-order valence-electron chi connectivity index (χ0n) is 14.1. The van der Waals surface area contributed by atoms with Gasteiger partial charge in [-0.05, 0) is 24.5 Å². The van der Waals surface area contributed by atoms with Crippen LogP contribution in [0.1, 0.15) is 18.4 Å². The highest BCUT2D eigenvalue weighted by Gasteiger charge is 2.35. The molecule has 0 aromatic carbocycles. The molecule has 0 spiro atoms. The number of hydrogen-bond acceptors (Lipinski definition) is 6. The van der Waals surface area contributed by atoms with Gasteiger partial charge in [-0.1, -0.05) is 6.07 Å². The van der Waals surface area contributed by atoms with E-state index in [1.165, 1.54) is 18.0 Å². The molecule has 0 amide bonds. The number of hydrogen-bond donors (Lipinski definition) is 0. The molecule has 0 aliphatic carbocycles. The number of anilines is 1. The van der Waals surface area contributed by atoms with Crippen LogP contribution in [-0.4, -0.2) is 58.2 Å². The Labute approximate surface area is 146 Å². The maximum Gasteiger partial charge on any atom is 0.225 e. The number of morpholine rings is 1. The van der Waals surface area contributed by atoms with E-state index in [4.69, 9.17) is 4.74 Å². The second-order valence-corrected chi connectivity index (χ2v) is 6.57. The lowest BCUT2D eigenvalue weighted by molar-refractivity contribution is -0.0746. The molecule has 2 aromatic rings. The third-order valence-corrected chi connectivity index (χ3v) is 4.98. The predicted octanol–water partition coefficient (Wildman–Crippen LogP) is 1.88. The van der Waals surface area contributed by atoms with Gasteiger partial charge in [0.2, 0.25) is 5.95 Å². The maximum absolute atomic E-state index is 13.1. The first-order valence-corrected chi connectivity index (χ1v) is 8.76. The van der Waals surface area contributed by atoms with E-state index in [9.17, 15) is 4.39 Å². The fourth-order valence-corrected chi connectivity index (χ4v) is 3.75. The summed E-state index contributed by atoms with van der Waals surface area (Å²) in [5.41, 5.74) is 1.23. The average molecular weight is 343 g/mol. The van der Waals surface area contributed by atoms with Crippen LogP contribution in [0.25, 0.3) is 0 Å². The Morgan fingerprint density at radius 1 is 1.12 bits per heavy atom. The molecule has 2 aliphatic heterocycles. The standard InChI is InChI=1S/C18H22FN5O/c19-15-11-21-18(22-12-15)23-6-3-16-17(4-7-23)25-9-8-24(16)13-14-2-1-5-20-10-14/h1-2,5,10-12,16-17H,3-4,6-9,13H2/t16-,17-/m0/s1. The van der Waals surface area contributed by atoms with Crippen molar-refractivity contribution in [1.82, 2.24) is 19.9 Å². The summed E-state index contributed by atoms with van der Waals surface area (Å²) in [6.45, 7) is 4.26. The van der Waals surface area contributed by atoms with E-state index in [1.54, 1.807) is 6.20 Å². The molecule has 2 aliphatic rings. The number of halogens is 1. The van der Waals surface area contributed by atoms with Gasteiger partial charge >= 0.3 is 0 Å². The number of pyridine rings is 1. The van der Waals surface area contributed by atoms with Gasteiger partial charge in [0.15, 0.2) is 5.82 Å². The van der Waals surface area contributed by atoms with Crippen LogP contribution in [0.4, 0.5) is 10.3 Å². The Balaban J connectivity index is 1.46. The van der Waals surface area contributed by atoms with E-state index >= 15 is 0 Å². The summed E-state index contributed by atoms with van der Waals surface area (Å²) >= 11 is 0. The van der Waals surface area contributed by atoms with Crippen LogP contribution >= 0.6 is 0 Å². The highest BCUT2D eigenvalue weighted by molar-refractivity contribution is 5.29. The van der Waals surface area contributed by atoms with Crippen LogP contribution in [0.15, 0.2) is 36.9 Å². The second kappa shape index (κ2) is 7.41. The van der Waals surface area contributed by atoms with E-state index in [2.05, 4.69) is 30.8 Å². The van der Waals surface area contributed by atoms with Gasteiger partial charge in [-0.3, -0.25) is 9.88 Å². The molecule has 0 saturated carbocycles. The Morgan fingerprint density at radius 2 is 1.96 bits per heavy atom. The van der Waals surface area contributed by atoms with E-state index < -0.39 is 5.82 Å². The van der Waals surface area contributed by atoms with Gasteiger partial charge in [-0.15, -0.1) is 0 Å². The molecule has 0 unspecified atom stereocenters. The molecule has 0 N–H and O–H groups in total. The molecule has 6 nitrogen and oxygen atoms in total. The van der Waals surface area contributed by atoms with Crippen molar-refractivity contribution < 1.29 is 9.13 Å². The molecule has 7 heteroatoms. The third kappa shape index (κ3) is 3.77. The summed E-state index contributed by atoms with van der Waals surface area (Å²) in [5, 5.41) is 0. The predicted molar refractivity (Wildman–Crippen MR) is 91.6 cm³/mol. The van der Waals surface area contributed by atoms with Crippen molar-refractivity contribution in [3.05, 3.63) is 48.3 Å². The minimum atomic E-state index is -0.404. The lowest BCUT2D eigenvalue weighted by Gasteiger charge is -2.40. The number of nitrogens with zero attached hydrogens (tertiary/aromatic N) is 5. The molecule has 2 saturated heterocycles. The first-order valence-electron chi connectivity index (χ1n) is 8.76. The Kier molecular flexibility index (Phi) is 4.85. The van der Waals surface area contributed by atoms with Gasteiger partial charge in [0.25, 0.3) is 0 Å². The van der Waals surface area contributed by atoms with Crippen molar-refractivity contribution in [3.63, 3.8) is 0 Å². The molecular weight excluding hydrogens is 321 g/mol. The summed E-state index contributed by atoms with van der Waals surface area (Å²) in [7, 11) is 0. The molecule has 25 heavy (non-hydrogen) atoms. The lowest BCUT2D eigenvalue weighted by atomic mass is 10.0. The van der Waals surface area contributed by atoms with Gasteiger partial charge in [0, 0.05) is 44.6 Å². The molecule has 0 radical (unpaired) electrons. The molecule has 2 fully saturated rings. The number of aromatic nitrogens is 3. The molecule has 4 heterocycles. The van der Waals surface area contributed by atoms with E-state index in [-0.39, 0.29) is 6.10 Å². The van der Waals surface area contributed by atoms with Gasteiger partial charge in [0.05, 0.1) is 25.1 Å². The maximum atomic E-state index is 13.1. The first kappa shape index (κ1) is 16.4. The van der Waals surface area contributed by atoms with E-state index in [0.717, 1.165) is 45.6 Å². The number of ether oxygens (including phenoxy) is 1. The normalized spacial score (nSPS) is 24.6. The van der Waals surface area contributed by atoms with Gasteiger partial charge in [0.1, 0.15) is 0 Å². The molecule has 2 aromatic heterocycles. The van der Waals surface area contributed by atoms with Crippen molar-refractivity contribution in [1.29, 1.82) is 0 Å². The summed E-state index contributed by atoms with van der Waals surface area (Å²) in [4.78, 5) is 17.1. The smallest absolute Gasteiger partial charge is 0.225 e. The van der Waals surface area contributed by atoms with Crippen LogP contribution in [-0.2, 0) is 11.3 Å². The Bertz CT molecular complexity index is 684. The average Bonchev–Trinajstić information content (AvgIpc) is 2.87. The summed E-state index contributed by atoms with van der Waals surface area (Å²) in [6.07, 6.45) is 8.31. The van der Waals surface area contributed by atoms with E-state index in [0.29, 0.717) is 12.0 Å². The van der Waals surface area contributed by atoms with Crippen LogP contribution in [0.3, 0.4) is 0 Å². The molecule has 4 rings (SSSR count). The van der Waals surface area contributed by atoms with Crippen LogP contribution in [0.2, 0.25) is 0 Å². The van der Waals surface area contributed by atoms with Crippen molar-refractivity contribution in [3.8, 4) is 0 Å². The molecule has 132 valence electrons. The zero-order valence-corrected chi connectivity index (χ0v) is 14.1. The van der Waals surface area contributed by atoms with Gasteiger partial charge in [-0.2, -0.15) is 0 Å². The minimum absolute atomic E-state index is 0.218. The largest absolute Gasteiger partial charge is 0.375 e. The van der Waals surface area contributed by atoms with Crippen molar-refractivity contribution in [2.24, 2.45) is 0 Å². The van der Waals surface area contributed by atoms with Crippen molar-refractivity contribution in [2.75, 3.05) is 31.1 Å². The van der Waals surface area contributed by atoms with Crippen LogP contribution < -0.4 is 4.90 Å². The fraction of sp³-hybridized carbons (Fsp3) is 0.500. The second-order valence-electron chi connectivity index (χ2n) is 6.57. The van der Waals surface area contributed by atoms with E-state index in [1.807, 2.05) is 12.3 Å². The Hall–Kier alpha value is -2.12. The number of rotatable bonds is 3.